The van der Waals surface area contributed by atoms with Crippen molar-refractivity contribution in [1.29, 1.82) is 0 Å². The SMILES string of the molecule is COC[C@@H](OC)[C@@H](C[C@@H](OC)C(=O)OC)OC. The molecule has 0 radical (unpaired) electrons. The molecule has 0 aromatic rings. The first kappa shape index (κ1) is 16.3. The molecule has 0 heterocycles. The highest BCUT2D eigenvalue weighted by Crippen LogP contribution is 2.13. The number of carbonyl (C=O) groups is 1. The van der Waals surface area contributed by atoms with E-state index in [4.69, 9.17) is 18.9 Å². The van der Waals surface area contributed by atoms with Crippen LogP contribution in [0.25, 0.3) is 0 Å². The summed E-state index contributed by atoms with van der Waals surface area (Å²) in [5, 5.41) is 0. The fourth-order valence-electron chi connectivity index (χ4n) is 1.52. The molecule has 0 fully saturated rings. The largest absolute Gasteiger partial charge is 0.467 e. The minimum atomic E-state index is -0.667. The summed E-state index contributed by atoms with van der Waals surface area (Å²) in [6.07, 6.45) is -0.877. The molecule has 6 nitrogen and oxygen atoms in total. The molecule has 0 unspecified atom stereocenters. The van der Waals surface area contributed by atoms with Gasteiger partial charge in [-0.3, -0.25) is 0 Å². The molecule has 0 aliphatic rings. The van der Waals surface area contributed by atoms with Crippen LogP contribution in [0.15, 0.2) is 0 Å². The van der Waals surface area contributed by atoms with E-state index in [1.54, 1.807) is 21.3 Å². The van der Waals surface area contributed by atoms with Crippen LogP contribution in [0.2, 0.25) is 0 Å². The molecule has 6 heteroatoms. The van der Waals surface area contributed by atoms with E-state index in [1.807, 2.05) is 0 Å². The molecule has 0 bridgehead atoms. The molecule has 17 heavy (non-hydrogen) atoms. The third-order valence-electron chi connectivity index (χ3n) is 2.55. The van der Waals surface area contributed by atoms with Gasteiger partial charge in [0.1, 0.15) is 6.10 Å². The highest BCUT2D eigenvalue weighted by Gasteiger charge is 2.29. The fraction of sp³-hybridized carbons (Fsp3) is 0.909. The molecule has 0 N–H and O–H groups in total. The molecule has 0 spiro atoms. The van der Waals surface area contributed by atoms with Crippen molar-refractivity contribution in [2.75, 3.05) is 42.2 Å². The van der Waals surface area contributed by atoms with E-state index in [9.17, 15) is 4.79 Å². The molecule has 102 valence electrons. The Morgan fingerprint density at radius 3 is 1.88 bits per heavy atom. The molecule has 0 saturated heterocycles. The van der Waals surface area contributed by atoms with Gasteiger partial charge in [0.05, 0.1) is 19.8 Å². The monoisotopic (exact) mass is 250 g/mol. The Kier molecular flexibility index (Phi) is 8.97. The maximum absolute atomic E-state index is 11.4. The maximum Gasteiger partial charge on any atom is 0.335 e. The summed E-state index contributed by atoms with van der Waals surface area (Å²) in [6.45, 7) is 0.382. The second-order valence-electron chi connectivity index (χ2n) is 3.49. The van der Waals surface area contributed by atoms with Crippen LogP contribution in [0.3, 0.4) is 0 Å². The lowest BCUT2D eigenvalue weighted by molar-refractivity contribution is -0.157. The molecule has 0 saturated carbocycles. The number of ether oxygens (including phenoxy) is 5. The summed E-state index contributed by atoms with van der Waals surface area (Å²) in [5.41, 5.74) is 0. The Morgan fingerprint density at radius 1 is 0.941 bits per heavy atom. The molecular weight excluding hydrogens is 228 g/mol. The topological polar surface area (TPSA) is 63.2 Å². The van der Waals surface area contributed by atoms with Gasteiger partial charge in [-0.2, -0.15) is 0 Å². The molecule has 0 aromatic carbocycles. The van der Waals surface area contributed by atoms with Gasteiger partial charge >= 0.3 is 5.97 Å². The van der Waals surface area contributed by atoms with Gasteiger partial charge in [0.15, 0.2) is 6.10 Å². The van der Waals surface area contributed by atoms with Crippen LogP contribution in [0.5, 0.6) is 0 Å². The molecule has 0 aliphatic heterocycles. The number of methoxy groups -OCH3 is 5. The standard InChI is InChI=1S/C11H22O6/c1-13-7-10(16-4)8(14-2)6-9(15-3)11(12)17-5/h8-10H,6-7H2,1-5H3/t8-,9-,10-/m1/s1. The second-order valence-corrected chi connectivity index (χ2v) is 3.49. The molecule has 0 rings (SSSR count). The van der Waals surface area contributed by atoms with Gasteiger partial charge < -0.3 is 23.7 Å². The van der Waals surface area contributed by atoms with Crippen molar-refractivity contribution in [2.24, 2.45) is 0 Å². The van der Waals surface area contributed by atoms with Crippen molar-refractivity contribution >= 4 is 5.97 Å². The van der Waals surface area contributed by atoms with Gasteiger partial charge in [0, 0.05) is 34.9 Å². The predicted octanol–water partition coefficient (Wildman–Crippen LogP) is 0.241. The van der Waals surface area contributed by atoms with Crippen LogP contribution >= 0.6 is 0 Å². The summed E-state index contributed by atoms with van der Waals surface area (Å²) in [7, 11) is 7.46. The zero-order valence-electron chi connectivity index (χ0n) is 11.1. The number of hydrogen-bond donors (Lipinski definition) is 0. The van der Waals surface area contributed by atoms with E-state index in [0.29, 0.717) is 13.0 Å². The summed E-state index contributed by atoms with van der Waals surface area (Å²) >= 11 is 0. The van der Waals surface area contributed by atoms with Gasteiger partial charge in [-0.05, 0) is 0 Å². The van der Waals surface area contributed by atoms with Gasteiger partial charge in [-0.25, -0.2) is 4.79 Å². The average molecular weight is 250 g/mol. The van der Waals surface area contributed by atoms with E-state index in [-0.39, 0.29) is 12.2 Å². The highest BCUT2D eigenvalue weighted by atomic mass is 16.6. The summed E-state index contributed by atoms with van der Waals surface area (Å²) < 4.78 is 25.2. The Morgan fingerprint density at radius 2 is 1.53 bits per heavy atom. The summed E-state index contributed by atoms with van der Waals surface area (Å²) in [6, 6.07) is 0. The van der Waals surface area contributed by atoms with Crippen molar-refractivity contribution < 1.29 is 28.5 Å². The van der Waals surface area contributed by atoms with Gasteiger partial charge in [0.2, 0.25) is 0 Å². The Bertz CT molecular complexity index is 208. The summed E-state index contributed by atoms with van der Waals surface area (Å²) in [4.78, 5) is 11.4. The minimum absolute atomic E-state index is 0.257. The zero-order valence-corrected chi connectivity index (χ0v) is 11.1. The van der Waals surface area contributed by atoms with Crippen LogP contribution in [-0.2, 0) is 28.5 Å². The molecule has 0 aliphatic carbocycles. The fourth-order valence-corrected chi connectivity index (χ4v) is 1.52. The van der Waals surface area contributed by atoms with Crippen molar-refractivity contribution in [3.8, 4) is 0 Å². The first-order valence-corrected chi connectivity index (χ1v) is 5.29. The Balaban J connectivity index is 4.48. The van der Waals surface area contributed by atoms with Crippen LogP contribution in [-0.4, -0.2) is 66.4 Å². The lowest BCUT2D eigenvalue weighted by Crippen LogP contribution is -2.39. The minimum Gasteiger partial charge on any atom is -0.467 e. The van der Waals surface area contributed by atoms with E-state index >= 15 is 0 Å². The Labute approximate surface area is 102 Å². The van der Waals surface area contributed by atoms with E-state index in [1.165, 1.54) is 14.2 Å². The molecular formula is C11H22O6. The first-order valence-electron chi connectivity index (χ1n) is 5.29. The number of hydrogen-bond acceptors (Lipinski definition) is 6. The highest BCUT2D eigenvalue weighted by molar-refractivity contribution is 5.74. The summed E-state index contributed by atoms with van der Waals surface area (Å²) in [5.74, 6) is -0.429. The normalized spacial score (nSPS) is 16.3. The second kappa shape index (κ2) is 9.35. The lowest BCUT2D eigenvalue weighted by atomic mass is 10.1. The quantitative estimate of drug-likeness (QED) is 0.546. The van der Waals surface area contributed by atoms with E-state index in [2.05, 4.69) is 4.74 Å². The zero-order chi connectivity index (χ0) is 13.3. The van der Waals surface area contributed by atoms with Gasteiger partial charge in [0.25, 0.3) is 0 Å². The number of esters is 1. The van der Waals surface area contributed by atoms with Crippen LogP contribution in [0, 0.1) is 0 Å². The van der Waals surface area contributed by atoms with Crippen molar-refractivity contribution in [1.82, 2.24) is 0 Å². The van der Waals surface area contributed by atoms with Gasteiger partial charge in [-0.15, -0.1) is 0 Å². The first-order chi connectivity index (χ1) is 8.14. The number of rotatable bonds is 9. The van der Waals surface area contributed by atoms with Crippen LogP contribution in [0.1, 0.15) is 6.42 Å². The maximum atomic E-state index is 11.4. The van der Waals surface area contributed by atoms with Gasteiger partial charge in [-0.1, -0.05) is 0 Å². The predicted molar refractivity (Wildman–Crippen MR) is 60.9 cm³/mol. The van der Waals surface area contributed by atoms with E-state index < -0.39 is 12.1 Å². The third kappa shape index (κ3) is 5.45. The van der Waals surface area contributed by atoms with Crippen LogP contribution < -0.4 is 0 Å². The third-order valence-corrected chi connectivity index (χ3v) is 2.55. The average Bonchev–Trinajstić information content (AvgIpc) is 2.37. The lowest BCUT2D eigenvalue weighted by Gasteiger charge is -2.26. The van der Waals surface area contributed by atoms with Crippen LogP contribution in [0.4, 0.5) is 0 Å². The molecule has 0 amide bonds. The Hall–Kier alpha value is -0.690. The molecule has 0 aromatic heterocycles. The number of carbonyl (C=O) groups excluding carboxylic acids is 1. The van der Waals surface area contributed by atoms with Crippen molar-refractivity contribution in [2.45, 2.75) is 24.7 Å². The van der Waals surface area contributed by atoms with E-state index in [0.717, 1.165) is 0 Å². The smallest absolute Gasteiger partial charge is 0.335 e. The van der Waals surface area contributed by atoms with Crippen molar-refractivity contribution in [3.05, 3.63) is 0 Å². The van der Waals surface area contributed by atoms with Crippen molar-refractivity contribution in [3.63, 3.8) is 0 Å². The molecule has 3 atom stereocenters.